The first-order valence-electron chi connectivity index (χ1n) is 13.1. The maximum Gasteiger partial charge on any atom is 0.323 e. The smallest absolute Gasteiger partial charge is 0.323 e. The molecule has 0 bridgehead atoms. The Balaban J connectivity index is 1.55. The van der Waals surface area contributed by atoms with Gasteiger partial charge in [0.2, 0.25) is 11.6 Å². The molecule has 0 heterocycles. The highest BCUT2D eigenvalue weighted by Crippen LogP contribution is 2.53. The number of ketones is 2. The highest BCUT2D eigenvalue weighted by molar-refractivity contribution is 6.24. The number of nitro benzene ring substituents is 1. The predicted molar refractivity (Wildman–Crippen MR) is 151 cm³/mol. The Morgan fingerprint density at radius 2 is 1.82 bits per heavy atom. The number of urea groups is 1. The molecule has 5 rings (SSSR count). The molecule has 0 unspecified atom stereocenters. The number of amides is 3. The summed E-state index contributed by atoms with van der Waals surface area (Å²) in [4.78, 5) is 63.4. The number of allylic oxidation sites excluding steroid dienone is 2. The maximum atomic E-state index is 13.9. The second-order valence-electron chi connectivity index (χ2n) is 11.0. The van der Waals surface area contributed by atoms with Crippen molar-refractivity contribution in [1.29, 1.82) is 0 Å². The number of phenolic OH excluding ortho intramolecular Hbond substituents is 1. The van der Waals surface area contributed by atoms with Gasteiger partial charge in [0.05, 0.1) is 16.2 Å². The van der Waals surface area contributed by atoms with Gasteiger partial charge in [-0.05, 0) is 42.5 Å². The van der Waals surface area contributed by atoms with Crippen LogP contribution in [0, 0.1) is 27.8 Å². The second kappa shape index (κ2) is 10.3. The third-order valence-electron chi connectivity index (χ3n) is 8.17. The number of carbonyl (C=O) groups excluding carboxylic acids is 4. The van der Waals surface area contributed by atoms with Crippen molar-refractivity contribution in [2.75, 3.05) is 29.6 Å². The Bertz CT molecular complexity index is 1770. The largest absolute Gasteiger partial charge is 0.511 e. The van der Waals surface area contributed by atoms with Gasteiger partial charge in [0.1, 0.15) is 17.1 Å². The van der Waals surface area contributed by atoms with Crippen LogP contribution < -0.4 is 21.3 Å². The number of nitro groups is 1. The molecule has 44 heavy (non-hydrogen) atoms. The standard InChI is InChI=1S/C28H26FN5O10/c1-33(2)16-9-15(32-27(41)31-12-3-4-14(29)17(8-12)34(43)44)22(36)20-13(16)6-10-5-11-7-18(35)21(26(30)40)25(39)28(11,42)24(38)19(10)23(20)37/h3-4,8-11,35-36,38,42H,5-7H2,1-2H3,(H2,30,40)(H2,31,32,41)/t10-,11+,28+/m1/s1. The van der Waals surface area contributed by atoms with E-state index in [1.54, 1.807) is 19.0 Å². The number of hydrogen-bond acceptors (Lipinski definition) is 11. The lowest BCUT2D eigenvalue weighted by Crippen LogP contribution is -2.57. The molecular weight excluding hydrogens is 585 g/mol. The number of phenols is 1. The number of primary amides is 1. The van der Waals surface area contributed by atoms with Crippen molar-refractivity contribution >= 4 is 46.3 Å². The van der Waals surface area contributed by atoms with E-state index in [0.29, 0.717) is 11.3 Å². The van der Waals surface area contributed by atoms with Crippen molar-refractivity contribution in [2.45, 2.75) is 24.9 Å². The van der Waals surface area contributed by atoms with E-state index in [9.17, 15) is 54.1 Å². The molecule has 16 heteroatoms. The number of carbonyl (C=O) groups is 4. The number of fused-ring (bicyclic) bond motifs is 3. The van der Waals surface area contributed by atoms with Crippen molar-refractivity contribution in [3.63, 3.8) is 0 Å². The van der Waals surface area contributed by atoms with E-state index in [0.717, 1.165) is 18.2 Å². The first-order chi connectivity index (χ1) is 20.6. The minimum atomic E-state index is -2.73. The number of nitrogens with one attached hydrogen (secondary N) is 2. The number of Topliss-reactive ketones (excluding diaryl/α,β-unsaturated/α-hetero) is 2. The van der Waals surface area contributed by atoms with Crippen LogP contribution in [-0.2, 0) is 16.0 Å². The maximum absolute atomic E-state index is 13.9. The van der Waals surface area contributed by atoms with Gasteiger partial charge in [-0.15, -0.1) is 0 Å². The van der Waals surface area contributed by atoms with E-state index in [2.05, 4.69) is 10.6 Å². The molecular formula is C28H26FN5O10. The van der Waals surface area contributed by atoms with Gasteiger partial charge in [-0.25, -0.2) is 4.79 Å². The van der Waals surface area contributed by atoms with Gasteiger partial charge in [-0.2, -0.15) is 4.39 Å². The summed E-state index contributed by atoms with van der Waals surface area (Å²) in [6, 6.07) is 3.01. The summed E-state index contributed by atoms with van der Waals surface area (Å²) in [6.07, 6.45) is -0.375. The Labute approximate surface area is 247 Å². The molecule has 0 fully saturated rings. The predicted octanol–water partition coefficient (Wildman–Crippen LogP) is 2.34. The number of nitrogens with zero attached hydrogens (tertiary/aromatic N) is 2. The van der Waals surface area contributed by atoms with E-state index >= 15 is 0 Å². The van der Waals surface area contributed by atoms with Crippen molar-refractivity contribution in [1.82, 2.24) is 0 Å². The molecule has 3 amide bonds. The number of halogens is 1. The van der Waals surface area contributed by atoms with Crippen LogP contribution in [0.1, 0.15) is 28.8 Å². The van der Waals surface area contributed by atoms with Crippen molar-refractivity contribution in [2.24, 2.45) is 17.6 Å². The molecule has 2 aromatic carbocycles. The number of hydrogen-bond donors (Lipinski definition) is 7. The first kappa shape index (κ1) is 30.0. The lowest BCUT2D eigenvalue weighted by molar-refractivity contribution is -0.387. The first-order valence-corrected chi connectivity index (χ1v) is 13.1. The van der Waals surface area contributed by atoms with E-state index in [1.807, 2.05) is 0 Å². The Kier molecular flexibility index (Phi) is 7.04. The molecule has 0 aliphatic heterocycles. The molecule has 15 nitrogen and oxygen atoms in total. The van der Waals surface area contributed by atoms with Crippen LogP contribution >= 0.6 is 0 Å². The van der Waals surface area contributed by atoms with Crippen LogP contribution in [0.3, 0.4) is 0 Å². The Hall–Kier alpha value is -5.51. The fourth-order valence-corrected chi connectivity index (χ4v) is 6.18. The number of aromatic hydroxyl groups is 1. The molecule has 0 saturated carbocycles. The summed E-state index contributed by atoms with van der Waals surface area (Å²) in [5, 5.41) is 59.8. The number of rotatable bonds is 5. The van der Waals surface area contributed by atoms with Crippen LogP contribution in [0.4, 0.5) is 31.9 Å². The summed E-state index contributed by atoms with van der Waals surface area (Å²) in [5.74, 6) is -8.97. The Morgan fingerprint density at radius 1 is 1.14 bits per heavy atom. The molecule has 3 atom stereocenters. The van der Waals surface area contributed by atoms with Gasteiger partial charge in [-0.3, -0.25) is 24.5 Å². The van der Waals surface area contributed by atoms with Crippen LogP contribution in [0.2, 0.25) is 0 Å². The average molecular weight is 612 g/mol. The molecule has 0 spiro atoms. The van der Waals surface area contributed by atoms with E-state index < -0.39 is 80.2 Å². The van der Waals surface area contributed by atoms with Crippen LogP contribution in [0.15, 0.2) is 46.9 Å². The second-order valence-corrected chi connectivity index (χ2v) is 11.0. The minimum absolute atomic E-state index is 0.0428. The molecule has 0 aromatic heterocycles. The summed E-state index contributed by atoms with van der Waals surface area (Å²) in [5.41, 5.74) is 0.295. The van der Waals surface area contributed by atoms with Gasteiger partial charge in [0.25, 0.3) is 5.91 Å². The normalized spacial score (nSPS) is 22.5. The fourth-order valence-electron chi connectivity index (χ4n) is 6.18. The fraction of sp³-hybridized carbons (Fsp3) is 0.286. The molecule has 8 N–H and O–H groups in total. The van der Waals surface area contributed by atoms with Crippen molar-refractivity contribution in [3.8, 4) is 5.75 Å². The monoisotopic (exact) mass is 611 g/mol. The quantitative estimate of drug-likeness (QED) is 0.112. The zero-order valence-corrected chi connectivity index (χ0v) is 23.2. The SMILES string of the molecule is CN(C)c1cc(NC(=O)Nc2ccc(F)c([N+](=O)[O-])c2)c(O)c2c1C[C@H]1C[C@H]3CC(O)=C(C(N)=O)C(=O)[C@@]3(O)C(O)=C1C2=O. The highest BCUT2D eigenvalue weighted by atomic mass is 19.1. The van der Waals surface area contributed by atoms with Gasteiger partial charge < -0.3 is 41.7 Å². The van der Waals surface area contributed by atoms with Crippen molar-refractivity contribution in [3.05, 3.63) is 74.0 Å². The number of aliphatic hydroxyl groups is 3. The third kappa shape index (κ3) is 4.46. The summed E-state index contributed by atoms with van der Waals surface area (Å²) < 4.78 is 13.7. The lowest BCUT2D eigenvalue weighted by Gasteiger charge is -2.45. The zero-order chi connectivity index (χ0) is 32.4. The third-order valence-corrected chi connectivity index (χ3v) is 8.17. The lowest BCUT2D eigenvalue weighted by atomic mass is 9.60. The number of anilines is 3. The van der Waals surface area contributed by atoms with Gasteiger partial charge in [-0.1, -0.05) is 0 Å². The molecule has 0 saturated heterocycles. The number of nitrogens with two attached hydrogens (primary N) is 1. The average Bonchev–Trinajstić information content (AvgIpc) is 2.92. The highest BCUT2D eigenvalue weighted by Gasteiger charge is 2.59. The molecule has 3 aliphatic rings. The summed E-state index contributed by atoms with van der Waals surface area (Å²) >= 11 is 0. The number of aliphatic hydroxyl groups excluding tert-OH is 2. The van der Waals surface area contributed by atoms with Gasteiger partial charge in [0.15, 0.2) is 17.1 Å². The van der Waals surface area contributed by atoms with E-state index in [1.165, 1.54) is 6.07 Å². The number of benzene rings is 2. The van der Waals surface area contributed by atoms with Crippen LogP contribution in [-0.4, -0.2) is 68.6 Å². The van der Waals surface area contributed by atoms with E-state index in [4.69, 9.17) is 5.73 Å². The zero-order valence-electron chi connectivity index (χ0n) is 23.2. The summed E-state index contributed by atoms with van der Waals surface area (Å²) in [7, 11) is 3.27. The minimum Gasteiger partial charge on any atom is -0.511 e. The Morgan fingerprint density at radius 3 is 2.43 bits per heavy atom. The van der Waals surface area contributed by atoms with Crippen LogP contribution in [0.5, 0.6) is 5.75 Å². The van der Waals surface area contributed by atoms with Gasteiger partial charge >= 0.3 is 11.7 Å². The van der Waals surface area contributed by atoms with E-state index in [-0.39, 0.29) is 41.8 Å². The molecule has 2 aromatic rings. The molecule has 3 aliphatic carbocycles. The van der Waals surface area contributed by atoms with Crippen molar-refractivity contribution < 1.29 is 48.9 Å². The summed E-state index contributed by atoms with van der Waals surface area (Å²) in [6.45, 7) is 0. The van der Waals surface area contributed by atoms with Gasteiger partial charge in [0, 0.05) is 49.4 Å². The molecule has 0 radical (unpaired) electrons. The van der Waals surface area contributed by atoms with Crippen LogP contribution in [0.25, 0.3) is 0 Å². The topological polar surface area (TPSA) is 246 Å². The molecule has 230 valence electrons.